The van der Waals surface area contributed by atoms with Crippen LogP contribution in [-0.2, 0) is 16.1 Å². The van der Waals surface area contributed by atoms with Gasteiger partial charge in [0.05, 0.1) is 24.4 Å². The molecule has 1 aliphatic heterocycles. The highest BCUT2D eigenvalue weighted by atomic mass is 16.5. The summed E-state index contributed by atoms with van der Waals surface area (Å²) in [7, 11) is 0. The smallest absolute Gasteiger partial charge is 0.291 e. The standard InChI is InChI=1S/C16H18N4O4/c21-15(17-9-11-2-1-6-23-11)3-5-20-16(22)13-8-14-12(4-7-24-14)19(13)10-18-20/h4,7-8,10-11H,1-3,5-6,9H2,(H,17,21). The SMILES string of the molecule is O=C(CCn1ncn2c(cc3occc32)c1=O)NCC1CCCO1. The lowest BCUT2D eigenvalue weighted by Gasteiger charge is -2.11. The number of amides is 1. The minimum absolute atomic E-state index is 0.108. The Morgan fingerprint density at radius 3 is 3.17 bits per heavy atom. The largest absolute Gasteiger partial charge is 0.463 e. The number of hydrogen-bond donors (Lipinski definition) is 1. The molecule has 1 saturated heterocycles. The van der Waals surface area contributed by atoms with E-state index in [-0.39, 0.29) is 30.5 Å². The highest BCUT2D eigenvalue weighted by Crippen LogP contribution is 2.18. The van der Waals surface area contributed by atoms with Crippen LogP contribution in [0.3, 0.4) is 0 Å². The number of aryl methyl sites for hydroxylation is 1. The van der Waals surface area contributed by atoms with Gasteiger partial charge in [0, 0.05) is 31.7 Å². The first kappa shape index (κ1) is 14.9. The predicted molar refractivity (Wildman–Crippen MR) is 85.8 cm³/mol. The molecule has 0 radical (unpaired) electrons. The molecule has 0 spiro atoms. The van der Waals surface area contributed by atoms with E-state index in [1.165, 1.54) is 4.68 Å². The molecule has 0 aliphatic carbocycles. The third-order valence-electron chi connectivity index (χ3n) is 4.32. The van der Waals surface area contributed by atoms with Crippen molar-refractivity contribution < 1.29 is 13.9 Å². The highest BCUT2D eigenvalue weighted by Gasteiger charge is 2.16. The van der Waals surface area contributed by atoms with Gasteiger partial charge in [0.2, 0.25) is 5.91 Å². The third kappa shape index (κ3) is 2.69. The van der Waals surface area contributed by atoms with Crippen molar-refractivity contribution in [2.75, 3.05) is 13.2 Å². The van der Waals surface area contributed by atoms with Crippen LogP contribution >= 0.6 is 0 Å². The van der Waals surface area contributed by atoms with E-state index >= 15 is 0 Å². The summed E-state index contributed by atoms with van der Waals surface area (Å²) in [4.78, 5) is 24.4. The van der Waals surface area contributed by atoms with Gasteiger partial charge in [-0.25, -0.2) is 4.68 Å². The van der Waals surface area contributed by atoms with E-state index in [1.807, 2.05) is 0 Å². The second-order valence-electron chi connectivity index (χ2n) is 5.92. The molecule has 126 valence electrons. The lowest BCUT2D eigenvalue weighted by molar-refractivity contribution is -0.121. The molecule has 1 fully saturated rings. The van der Waals surface area contributed by atoms with Gasteiger partial charge < -0.3 is 14.5 Å². The average Bonchev–Trinajstić information content (AvgIpc) is 3.29. The quantitative estimate of drug-likeness (QED) is 0.751. The van der Waals surface area contributed by atoms with Crippen molar-refractivity contribution in [2.45, 2.75) is 31.9 Å². The number of furan rings is 1. The zero-order valence-electron chi connectivity index (χ0n) is 13.1. The monoisotopic (exact) mass is 330 g/mol. The maximum atomic E-state index is 12.5. The first-order chi connectivity index (χ1) is 11.7. The van der Waals surface area contributed by atoms with E-state index in [1.54, 1.807) is 29.1 Å². The van der Waals surface area contributed by atoms with Crippen LogP contribution in [0, 0.1) is 0 Å². The Morgan fingerprint density at radius 1 is 1.42 bits per heavy atom. The zero-order valence-corrected chi connectivity index (χ0v) is 13.1. The van der Waals surface area contributed by atoms with Gasteiger partial charge in [0.1, 0.15) is 11.8 Å². The molecule has 8 heteroatoms. The van der Waals surface area contributed by atoms with Gasteiger partial charge in [-0.1, -0.05) is 0 Å². The van der Waals surface area contributed by atoms with Crippen LogP contribution in [0.5, 0.6) is 0 Å². The van der Waals surface area contributed by atoms with Crippen molar-refractivity contribution in [3.05, 3.63) is 35.1 Å². The number of nitrogens with one attached hydrogen (secondary N) is 1. The molecule has 8 nitrogen and oxygen atoms in total. The minimum atomic E-state index is -0.240. The predicted octanol–water partition coefficient (Wildman–Crippen LogP) is 0.927. The Labute approximate surface area is 137 Å². The molecular weight excluding hydrogens is 312 g/mol. The topological polar surface area (TPSA) is 90.8 Å². The molecular formula is C16H18N4O4. The van der Waals surface area contributed by atoms with Crippen LogP contribution in [0.1, 0.15) is 19.3 Å². The number of hydrogen-bond acceptors (Lipinski definition) is 5. The molecule has 1 aliphatic rings. The number of ether oxygens (including phenoxy) is 1. The Balaban J connectivity index is 1.43. The lowest BCUT2D eigenvalue weighted by atomic mass is 10.2. The molecule has 3 aromatic heterocycles. The molecule has 1 unspecified atom stereocenters. The molecule has 1 atom stereocenters. The Hall–Kier alpha value is -2.61. The fraction of sp³-hybridized carbons (Fsp3) is 0.438. The second kappa shape index (κ2) is 6.12. The lowest BCUT2D eigenvalue weighted by Crippen LogP contribution is -2.33. The second-order valence-corrected chi connectivity index (χ2v) is 5.92. The molecule has 0 bridgehead atoms. The molecule has 1 N–H and O–H groups in total. The Morgan fingerprint density at radius 2 is 2.33 bits per heavy atom. The maximum Gasteiger partial charge on any atom is 0.291 e. The van der Waals surface area contributed by atoms with E-state index in [2.05, 4.69) is 10.4 Å². The fourth-order valence-electron chi connectivity index (χ4n) is 3.02. The van der Waals surface area contributed by atoms with E-state index < -0.39 is 0 Å². The highest BCUT2D eigenvalue weighted by molar-refractivity contribution is 5.81. The molecule has 0 aromatic carbocycles. The Bertz CT molecular complexity index is 932. The van der Waals surface area contributed by atoms with Gasteiger partial charge in [0.25, 0.3) is 5.56 Å². The van der Waals surface area contributed by atoms with Crippen molar-refractivity contribution in [3.63, 3.8) is 0 Å². The van der Waals surface area contributed by atoms with Crippen LogP contribution in [0.4, 0.5) is 0 Å². The fourth-order valence-corrected chi connectivity index (χ4v) is 3.02. The van der Waals surface area contributed by atoms with Gasteiger partial charge >= 0.3 is 0 Å². The van der Waals surface area contributed by atoms with Crippen LogP contribution in [0.25, 0.3) is 16.6 Å². The van der Waals surface area contributed by atoms with Crippen LogP contribution in [0.2, 0.25) is 0 Å². The Kier molecular flexibility index (Phi) is 3.81. The van der Waals surface area contributed by atoms with Crippen LogP contribution < -0.4 is 10.9 Å². The average molecular weight is 330 g/mol. The molecule has 4 rings (SSSR count). The summed E-state index contributed by atoms with van der Waals surface area (Å²) in [5, 5.41) is 6.98. The summed E-state index contributed by atoms with van der Waals surface area (Å²) in [6.07, 6.45) is 5.47. The third-order valence-corrected chi connectivity index (χ3v) is 4.32. The van der Waals surface area contributed by atoms with Gasteiger partial charge in [-0.05, 0) is 12.8 Å². The van der Waals surface area contributed by atoms with Crippen molar-refractivity contribution in [1.29, 1.82) is 0 Å². The zero-order chi connectivity index (χ0) is 16.5. The van der Waals surface area contributed by atoms with E-state index in [0.29, 0.717) is 17.6 Å². The maximum absolute atomic E-state index is 12.5. The molecule has 4 heterocycles. The number of aromatic nitrogens is 3. The van der Waals surface area contributed by atoms with Gasteiger partial charge in [-0.2, -0.15) is 5.10 Å². The van der Waals surface area contributed by atoms with E-state index in [9.17, 15) is 9.59 Å². The summed E-state index contributed by atoms with van der Waals surface area (Å²) in [6, 6.07) is 3.47. The molecule has 0 saturated carbocycles. The number of carbonyl (C=O) groups is 1. The normalized spacial score (nSPS) is 17.8. The molecule has 1 amide bonds. The van der Waals surface area contributed by atoms with E-state index in [4.69, 9.17) is 9.15 Å². The summed E-state index contributed by atoms with van der Waals surface area (Å²) >= 11 is 0. The number of fused-ring (bicyclic) bond motifs is 3. The summed E-state index contributed by atoms with van der Waals surface area (Å²) in [5.41, 5.74) is 1.69. The molecule has 24 heavy (non-hydrogen) atoms. The van der Waals surface area contributed by atoms with Gasteiger partial charge in [0.15, 0.2) is 5.58 Å². The number of rotatable bonds is 5. The van der Waals surface area contributed by atoms with Crippen LogP contribution in [0.15, 0.2) is 33.9 Å². The van der Waals surface area contributed by atoms with Crippen molar-refractivity contribution in [1.82, 2.24) is 19.5 Å². The molecule has 3 aromatic rings. The summed E-state index contributed by atoms with van der Waals surface area (Å²) < 4.78 is 13.8. The summed E-state index contributed by atoms with van der Waals surface area (Å²) in [5.74, 6) is -0.108. The van der Waals surface area contributed by atoms with Crippen molar-refractivity contribution in [3.8, 4) is 0 Å². The summed E-state index contributed by atoms with van der Waals surface area (Å²) in [6.45, 7) is 1.52. The number of nitrogens with zero attached hydrogens (tertiary/aromatic N) is 3. The van der Waals surface area contributed by atoms with Crippen molar-refractivity contribution >= 4 is 22.5 Å². The van der Waals surface area contributed by atoms with Crippen LogP contribution in [-0.4, -0.2) is 39.3 Å². The van der Waals surface area contributed by atoms with E-state index in [0.717, 1.165) is 25.0 Å². The van der Waals surface area contributed by atoms with Gasteiger partial charge in [-0.15, -0.1) is 0 Å². The number of carbonyl (C=O) groups excluding carboxylic acids is 1. The first-order valence-corrected chi connectivity index (χ1v) is 8.05. The minimum Gasteiger partial charge on any atom is -0.463 e. The van der Waals surface area contributed by atoms with Gasteiger partial charge in [-0.3, -0.25) is 14.0 Å². The van der Waals surface area contributed by atoms with Crippen molar-refractivity contribution in [2.24, 2.45) is 0 Å². The first-order valence-electron chi connectivity index (χ1n) is 8.05.